The first kappa shape index (κ1) is 9.73. The molecule has 0 amide bonds. The zero-order valence-corrected chi connectivity index (χ0v) is 9.42. The molecule has 1 aromatic heterocycles. The second-order valence-electron chi connectivity index (χ2n) is 4.77. The summed E-state index contributed by atoms with van der Waals surface area (Å²) in [6, 6.07) is 6.28. The van der Waals surface area contributed by atoms with Gasteiger partial charge in [-0.05, 0) is 43.0 Å². The smallest absolute Gasteiger partial charge is 0.122 e. The van der Waals surface area contributed by atoms with E-state index in [-0.39, 0.29) is 5.54 Å². The number of aromatic nitrogens is 1. The summed E-state index contributed by atoms with van der Waals surface area (Å²) in [6.07, 6.45) is 5.10. The van der Waals surface area contributed by atoms with Crippen LogP contribution in [0.4, 0.5) is 0 Å². The average Bonchev–Trinajstić information content (AvgIpc) is 2.82. The predicted molar refractivity (Wildman–Crippen MR) is 64.7 cm³/mol. The standard InChI is InChI=1S/C13H16N2O/c1-16-12-7-9-2-5-15-11(9)6-10(12)8-13(14)3-4-13/h2,5-7,15H,3-4,8,14H2,1H3. The summed E-state index contributed by atoms with van der Waals surface area (Å²) >= 11 is 0. The molecule has 1 fully saturated rings. The number of hydrogen-bond donors (Lipinski definition) is 2. The van der Waals surface area contributed by atoms with Crippen LogP contribution in [0.1, 0.15) is 18.4 Å². The number of nitrogens with two attached hydrogens (primary N) is 1. The van der Waals surface area contributed by atoms with E-state index < -0.39 is 0 Å². The van der Waals surface area contributed by atoms with Crippen molar-refractivity contribution in [2.75, 3.05) is 7.11 Å². The second-order valence-corrected chi connectivity index (χ2v) is 4.77. The van der Waals surface area contributed by atoms with Gasteiger partial charge in [-0.15, -0.1) is 0 Å². The lowest BCUT2D eigenvalue weighted by atomic mass is 10.0. The summed E-state index contributed by atoms with van der Waals surface area (Å²) in [7, 11) is 1.72. The molecular formula is C13H16N2O. The van der Waals surface area contributed by atoms with Crippen molar-refractivity contribution in [1.82, 2.24) is 4.98 Å². The minimum atomic E-state index is 0.0214. The molecule has 3 heteroatoms. The number of benzene rings is 1. The summed E-state index contributed by atoms with van der Waals surface area (Å²) in [4.78, 5) is 3.22. The van der Waals surface area contributed by atoms with Crippen LogP contribution in [0.2, 0.25) is 0 Å². The Kier molecular flexibility index (Phi) is 1.98. The van der Waals surface area contributed by atoms with E-state index in [1.165, 1.54) is 10.9 Å². The minimum Gasteiger partial charge on any atom is -0.496 e. The first-order valence-corrected chi connectivity index (χ1v) is 5.63. The van der Waals surface area contributed by atoms with Crippen LogP contribution in [0.5, 0.6) is 5.75 Å². The van der Waals surface area contributed by atoms with Gasteiger partial charge in [0.05, 0.1) is 7.11 Å². The number of rotatable bonds is 3. The molecule has 0 aliphatic heterocycles. The molecule has 16 heavy (non-hydrogen) atoms. The molecular weight excluding hydrogens is 200 g/mol. The molecule has 3 nitrogen and oxygen atoms in total. The fourth-order valence-electron chi connectivity index (χ4n) is 2.17. The van der Waals surface area contributed by atoms with Crippen LogP contribution in [-0.4, -0.2) is 17.6 Å². The summed E-state index contributed by atoms with van der Waals surface area (Å²) in [5, 5.41) is 1.18. The van der Waals surface area contributed by atoms with Crippen molar-refractivity contribution < 1.29 is 4.74 Å². The number of nitrogens with one attached hydrogen (secondary N) is 1. The molecule has 0 unspecified atom stereocenters. The number of hydrogen-bond acceptors (Lipinski definition) is 2. The van der Waals surface area contributed by atoms with Crippen LogP contribution in [0.15, 0.2) is 24.4 Å². The Bertz CT molecular complexity index is 526. The van der Waals surface area contributed by atoms with Gasteiger partial charge in [-0.25, -0.2) is 0 Å². The molecule has 3 N–H and O–H groups in total. The Hall–Kier alpha value is -1.48. The molecule has 1 saturated carbocycles. The highest BCUT2D eigenvalue weighted by Crippen LogP contribution is 2.38. The van der Waals surface area contributed by atoms with Gasteiger partial charge in [-0.3, -0.25) is 0 Å². The first-order valence-electron chi connectivity index (χ1n) is 5.63. The Morgan fingerprint density at radius 1 is 1.44 bits per heavy atom. The lowest BCUT2D eigenvalue weighted by Gasteiger charge is -2.13. The van der Waals surface area contributed by atoms with E-state index in [1.54, 1.807) is 7.11 Å². The van der Waals surface area contributed by atoms with Crippen molar-refractivity contribution in [3.63, 3.8) is 0 Å². The van der Waals surface area contributed by atoms with E-state index in [4.69, 9.17) is 10.5 Å². The molecule has 1 aliphatic carbocycles. The lowest BCUT2D eigenvalue weighted by molar-refractivity contribution is 0.408. The minimum absolute atomic E-state index is 0.0214. The third-order valence-electron chi connectivity index (χ3n) is 3.39. The number of fused-ring (bicyclic) bond motifs is 1. The van der Waals surface area contributed by atoms with E-state index >= 15 is 0 Å². The quantitative estimate of drug-likeness (QED) is 0.826. The lowest BCUT2D eigenvalue weighted by Crippen LogP contribution is -2.24. The van der Waals surface area contributed by atoms with Gasteiger partial charge < -0.3 is 15.5 Å². The van der Waals surface area contributed by atoms with Crippen molar-refractivity contribution in [3.05, 3.63) is 30.0 Å². The van der Waals surface area contributed by atoms with Gasteiger partial charge in [-0.2, -0.15) is 0 Å². The Labute approximate surface area is 94.6 Å². The van der Waals surface area contributed by atoms with Crippen LogP contribution < -0.4 is 10.5 Å². The van der Waals surface area contributed by atoms with E-state index in [9.17, 15) is 0 Å². The van der Waals surface area contributed by atoms with Crippen LogP contribution >= 0.6 is 0 Å². The summed E-state index contributed by atoms with van der Waals surface area (Å²) in [5.41, 5.74) is 8.54. The molecule has 0 radical (unpaired) electrons. The summed E-state index contributed by atoms with van der Waals surface area (Å²) in [6.45, 7) is 0. The summed E-state index contributed by atoms with van der Waals surface area (Å²) < 4.78 is 5.43. The fraction of sp³-hybridized carbons (Fsp3) is 0.385. The number of methoxy groups -OCH3 is 1. The van der Waals surface area contributed by atoms with Crippen molar-refractivity contribution in [2.45, 2.75) is 24.8 Å². The molecule has 0 saturated heterocycles. The van der Waals surface area contributed by atoms with Crippen LogP contribution in [0.3, 0.4) is 0 Å². The van der Waals surface area contributed by atoms with Crippen LogP contribution in [-0.2, 0) is 6.42 Å². The maximum atomic E-state index is 6.16. The Balaban J connectivity index is 2.05. The van der Waals surface area contributed by atoms with Gasteiger partial charge in [0, 0.05) is 22.6 Å². The molecule has 3 rings (SSSR count). The first-order chi connectivity index (χ1) is 7.70. The second kappa shape index (κ2) is 3.25. The van der Waals surface area contributed by atoms with Crippen LogP contribution in [0.25, 0.3) is 10.9 Å². The highest BCUT2D eigenvalue weighted by molar-refractivity contribution is 5.82. The van der Waals surface area contributed by atoms with E-state index in [0.717, 1.165) is 30.5 Å². The SMILES string of the molecule is COc1cc2cc[nH]c2cc1CC1(N)CC1. The molecule has 0 bridgehead atoms. The number of aromatic amines is 1. The predicted octanol–water partition coefficient (Wildman–Crippen LogP) is 2.21. The molecule has 1 heterocycles. The maximum absolute atomic E-state index is 6.16. The third kappa shape index (κ3) is 1.57. The molecule has 2 aromatic rings. The van der Waals surface area contributed by atoms with Crippen molar-refractivity contribution in [2.24, 2.45) is 5.73 Å². The van der Waals surface area contributed by atoms with Crippen molar-refractivity contribution in [1.29, 1.82) is 0 Å². The highest BCUT2D eigenvalue weighted by Gasteiger charge is 2.38. The molecule has 0 atom stereocenters. The van der Waals surface area contributed by atoms with Gasteiger partial charge in [0.1, 0.15) is 5.75 Å². The Morgan fingerprint density at radius 3 is 2.94 bits per heavy atom. The van der Waals surface area contributed by atoms with Gasteiger partial charge in [0.25, 0.3) is 0 Å². The van der Waals surface area contributed by atoms with Gasteiger partial charge >= 0.3 is 0 Å². The van der Waals surface area contributed by atoms with Gasteiger partial charge in [0.15, 0.2) is 0 Å². The average molecular weight is 216 g/mol. The topological polar surface area (TPSA) is 51.0 Å². The molecule has 1 aromatic carbocycles. The van der Waals surface area contributed by atoms with Gasteiger partial charge in [-0.1, -0.05) is 0 Å². The largest absolute Gasteiger partial charge is 0.496 e. The summed E-state index contributed by atoms with van der Waals surface area (Å²) in [5.74, 6) is 0.948. The van der Waals surface area contributed by atoms with Crippen molar-refractivity contribution in [3.8, 4) is 5.75 Å². The van der Waals surface area contributed by atoms with E-state index in [1.807, 2.05) is 6.20 Å². The maximum Gasteiger partial charge on any atom is 0.122 e. The zero-order valence-electron chi connectivity index (χ0n) is 9.42. The molecule has 84 valence electrons. The molecule has 1 aliphatic rings. The monoisotopic (exact) mass is 216 g/mol. The van der Waals surface area contributed by atoms with E-state index in [2.05, 4.69) is 23.2 Å². The van der Waals surface area contributed by atoms with Crippen molar-refractivity contribution >= 4 is 10.9 Å². The highest BCUT2D eigenvalue weighted by atomic mass is 16.5. The number of ether oxygens (including phenoxy) is 1. The molecule has 0 spiro atoms. The van der Waals surface area contributed by atoms with Crippen LogP contribution in [0, 0.1) is 0 Å². The number of H-pyrrole nitrogens is 1. The van der Waals surface area contributed by atoms with Gasteiger partial charge in [0.2, 0.25) is 0 Å². The fourth-order valence-corrected chi connectivity index (χ4v) is 2.17. The Morgan fingerprint density at radius 2 is 2.25 bits per heavy atom. The van der Waals surface area contributed by atoms with E-state index in [0.29, 0.717) is 0 Å². The zero-order chi connectivity index (χ0) is 11.2. The normalized spacial score (nSPS) is 17.6. The third-order valence-corrected chi connectivity index (χ3v) is 3.39.